The van der Waals surface area contributed by atoms with E-state index in [1.807, 2.05) is 39.8 Å². The van der Waals surface area contributed by atoms with E-state index >= 15 is 0 Å². The monoisotopic (exact) mass is 236 g/mol. The van der Waals surface area contributed by atoms with Gasteiger partial charge in [0.2, 0.25) is 0 Å². The van der Waals surface area contributed by atoms with Crippen LogP contribution in [0, 0.1) is 0 Å². The van der Waals surface area contributed by atoms with E-state index in [2.05, 4.69) is 12.1 Å². The molecule has 1 rings (SSSR count). The Bertz CT molecular complexity index is 325. The number of aliphatic hydroxyl groups is 1. The summed E-state index contributed by atoms with van der Waals surface area (Å²) in [6.07, 6.45) is 2.71. The maximum atomic E-state index is 9.93. The van der Waals surface area contributed by atoms with Crippen molar-refractivity contribution in [1.82, 2.24) is 0 Å². The van der Waals surface area contributed by atoms with Gasteiger partial charge in [-0.25, -0.2) is 0 Å². The third-order valence-electron chi connectivity index (χ3n) is 3.01. The first-order valence-corrected chi connectivity index (χ1v) is 6.41. The SMILES string of the molecule is CCC(C)(O)CCc1ccc(OC(C)C)cc1. The van der Waals surface area contributed by atoms with Crippen LogP contribution in [-0.2, 0) is 6.42 Å². The number of rotatable bonds is 6. The lowest BCUT2D eigenvalue weighted by molar-refractivity contribution is 0.0473. The van der Waals surface area contributed by atoms with Crippen molar-refractivity contribution in [1.29, 1.82) is 0 Å². The van der Waals surface area contributed by atoms with Crippen molar-refractivity contribution >= 4 is 0 Å². The molecule has 0 aliphatic carbocycles. The van der Waals surface area contributed by atoms with Crippen LogP contribution in [0.4, 0.5) is 0 Å². The lowest BCUT2D eigenvalue weighted by Crippen LogP contribution is -2.23. The van der Waals surface area contributed by atoms with E-state index in [0.29, 0.717) is 0 Å². The second-order valence-electron chi connectivity index (χ2n) is 5.16. The van der Waals surface area contributed by atoms with E-state index in [1.54, 1.807) is 0 Å². The van der Waals surface area contributed by atoms with Gasteiger partial charge in [-0.3, -0.25) is 0 Å². The van der Waals surface area contributed by atoms with Gasteiger partial charge in [0.25, 0.3) is 0 Å². The van der Waals surface area contributed by atoms with Crippen molar-refractivity contribution in [2.45, 2.75) is 58.7 Å². The van der Waals surface area contributed by atoms with Crippen molar-refractivity contribution in [3.63, 3.8) is 0 Å². The molecule has 0 amide bonds. The Labute approximate surface area is 105 Å². The van der Waals surface area contributed by atoms with E-state index in [-0.39, 0.29) is 6.10 Å². The van der Waals surface area contributed by atoms with Gasteiger partial charge in [-0.05, 0) is 57.7 Å². The third-order valence-corrected chi connectivity index (χ3v) is 3.01. The van der Waals surface area contributed by atoms with Crippen LogP contribution in [0.15, 0.2) is 24.3 Å². The quantitative estimate of drug-likeness (QED) is 0.818. The molecule has 0 fully saturated rings. The predicted octanol–water partition coefficient (Wildman–Crippen LogP) is 3.57. The molecule has 0 saturated heterocycles. The van der Waals surface area contributed by atoms with Crippen molar-refractivity contribution in [2.75, 3.05) is 0 Å². The molecule has 2 heteroatoms. The van der Waals surface area contributed by atoms with Crippen molar-refractivity contribution in [2.24, 2.45) is 0 Å². The van der Waals surface area contributed by atoms with Gasteiger partial charge in [0.05, 0.1) is 11.7 Å². The number of hydrogen-bond acceptors (Lipinski definition) is 2. The van der Waals surface area contributed by atoms with Gasteiger partial charge in [0.15, 0.2) is 0 Å². The highest BCUT2D eigenvalue weighted by Gasteiger charge is 2.16. The van der Waals surface area contributed by atoms with Gasteiger partial charge in [-0.2, -0.15) is 0 Å². The van der Waals surface area contributed by atoms with E-state index in [0.717, 1.165) is 25.0 Å². The van der Waals surface area contributed by atoms with Gasteiger partial charge in [-0.15, -0.1) is 0 Å². The maximum Gasteiger partial charge on any atom is 0.119 e. The summed E-state index contributed by atoms with van der Waals surface area (Å²) in [6, 6.07) is 8.14. The minimum Gasteiger partial charge on any atom is -0.491 e. The topological polar surface area (TPSA) is 29.5 Å². The summed E-state index contributed by atoms with van der Waals surface area (Å²) in [5.74, 6) is 0.908. The van der Waals surface area contributed by atoms with Crippen molar-refractivity contribution in [3.05, 3.63) is 29.8 Å². The summed E-state index contributed by atoms with van der Waals surface area (Å²) in [5.41, 5.74) is 0.697. The molecule has 2 nitrogen and oxygen atoms in total. The van der Waals surface area contributed by atoms with Gasteiger partial charge in [0, 0.05) is 0 Å². The highest BCUT2D eigenvalue weighted by molar-refractivity contribution is 5.27. The summed E-state index contributed by atoms with van der Waals surface area (Å²) < 4.78 is 5.59. The lowest BCUT2D eigenvalue weighted by atomic mass is 9.94. The van der Waals surface area contributed by atoms with Crippen LogP contribution < -0.4 is 4.74 Å². The Hall–Kier alpha value is -1.02. The molecule has 1 aromatic rings. The summed E-state index contributed by atoms with van der Waals surface area (Å²) in [6.45, 7) is 7.95. The zero-order valence-electron chi connectivity index (χ0n) is 11.4. The molecule has 1 unspecified atom stereocenters. The standard InChI is InChI=1S/C15H24O2/c1-5-15(4,16)11-10-13-6-8-14(9-7-13)17-12(2)3/h6-9,12,16H,5,10-11H2,1-4H3. The second-order valence-corrected chi connectivity index (χ2v) is 5.16. The van der Waals surface area contributed by atoms with E-state index < -0.39 is 5.60 Å². The molecule has 0 bridgehead atoms. The molecule has 1 N–H and O–H groups in total. The fraction of sp³-hybridized carbons (Fsp3) is 0.600. The van der Waals surface area contributed by atoms with Crippen molar-refractivity contribution in [3.8, 4) is 5.75 Å². The average Bonchev–Trinajstić information content (AvgIpc) is 2.28. The first-order valence-electron chi connectivity index (χ1n) is 6.41. The van der Waals surface area contributed by atoms with Crippen molar-refractivity contribution < 1.29 is 9.84 Å². The van der Waals surface area contributed by atoms with Gasteiger partial charge in [0.1, 0.15) is 5.75 Å². The Kier molecular flexibility index (Phi) is 5.01. The van der Waals surface area contributed by atoms with Crippen LogP contribution in [0.1, 0.15) is 46.1 Å². The Balaban J connectivity index is 2.51. The molecule has 0 aliphatic rings. The molecule has 0 spiro atoms. The van der Waals surface area contributed by atoms with Gasteiger partial charge in [-0.1, -0.05) is 19.1 Å². The normalized spacial score (nSPS) is 14.7. The lowest BCUT2D eigenvalue weighted by Gasteiger charge is -2.21. The third kappa shape index (κ3) is 5.22. The Morgan fingerprint density at radius 3 is 2.29 bits per heavy atom. The molecule has 1 atom stereocenters. The summed E-state index contributed by atoms with van der Waals surface area (Å²) in [4.78, 5) is 0. The Morgan fingerprint density at radius 1 is 1.24 bits per heavy atom. The zero-order chi connectivity index (χ0) is 12.9. The minimum absolute atomic E-state index is 0.210. The average molecular weight is 236 g/mol. The first-order chi connectivity index (χ1) is 7.93. The van der Waals surface area contributed by atoms with Crippen LogP contribution in [0.5, 0.6) is 5.75 Å². The van der Waals surface area contributed by atoms with Crippen LogP contribution in [0.2, 0.25) is 0 Å². The molecule has 96 valence electrons. The predicted molar refractivity (Wildman–Crippen MR) is 71.4 cm³/mol. The fourth-order valence-electron chi connectivity index (χ4n) is 1.60. The first kappa shape index (κ1) is 14.0. The molecule has 1 aromatic carbocycles. The van der Waals surface area contributed by atoms with E-state index in [1.165, 1.54) is 5.56 Å². The Morgan fingerprint density at radius 2 is 1.82 bits per heavy atom. The number of benzene rings is 1. The smallest absolute Gasteiger partial charge is 0.119 e. The molecule has 0 heterocycles. The largest absolute Gasteiger partial charge is 0.491 e. The molecule has 0 aromatic heterocycles. The molecule has 0 radical (unpaired) electrons. The van der Waals surface area contributed by atoms with Crippen LogP contribution in [-0.4, -0.2) is 16.8 Å². The molecular weight excluding hydrogens is 212 g/mol. The molecular formula is C15H24O2. The van der Waals surface area contributed by atoms with E-state index in [4.69, 9.17) is 4.74 Å². The van der Waals surface area contributed by atoms with E-state index in [9.17, 15) is 5.11 Å². The van der Waals surface area contributed by atoms with Crippen LogP contribution in [0.3, 0.4) is 0 Å². The highest BCUT2D eigenvalue weighted by atomic mass is 16.5. The number of aryl methyl sites for hydroxylation is 1. The maximum absolute atomic E-state index is 9.93. The number of hydrogen-bond donors (Lipinski definition) is 1. The molecule has 17 heavy (non-hydrogen) atoms. The number of ether oxygens (including phenoxy) is 1. The second kappa shape index (κ2) is 6.06. The van der Waals surface area contributed by atoms with Crippen LogP contribution >= 0.6 is 0 Å². The van der Waals surface area contributed by atoms with Gasteiger partial charge < -0.3 is 9.84 Å². The molecule has 0 aliphatic heterocycles. The van der Waals surface area contributed by atoms with Crippen LogP contribution in [0.25, 0.3) is 0 Å². The minimum atomic E-state index is -0.549. The highest BCUT2D eigenvalue weighted by Crippen LogP contribution is 2.19. The summed E-state index contributed by atoms with van der Waals surface area (Å²) >= 11 is 0. The van der Waals surface area contributed by atoms with Gasteiger partial charge >= 0.3 is 0 Å². The summed E-state index contributed by atoms with van der Waals surface area (Å²) in [7, 11) is 0. The zero-order valence-corrected chi connectivity index (χ0v) is 11.4. The summed E-state index contributed by atoms with van der Waals surface area (Å²) in [5, 5.41) is 9.93. The fourth-order valence-corrected chi connectivity index (χ4v) is 1.60. The molecule has 0 saturated carbocycles.